The summed E-state index contributed by atoms with van der Waals surface area (Å²) in [6.07, 6.45) is 16.6. The standard InChI is InChI=1S/C34H41N3O.ClH/c1-7-24-35-32(38)23-10-9-15-25-37-29-20-14-12-18-27(29)34(5,8-2)31(37)22-16-21-30-33(3,4)26-17-11-13-19-28(26)36(30)6;/h1,11-14,16-22H,8-10,15,23-25H2,2-6H3;1H. The largest absolute Gasteiger partial charge is 1.00 e. The number of terminal acetylenes is 1. The second-order valence-corrected chi connectivity index (χ2v) is 11.1. The number of para-hydroxylation sites is 2. The molecule has 0 aromatic heterocycles. The minimum atomic E-state index is -0.0424. The quantitative estimate of drug-likeness (QED) is 0.282. The van der Waals surface area contributed by atoms with E-state index in [1.807, 2.05) is 0 Å². The van der Waals surface area contributed by atoms with Crippen LogP contribution in [0.25, 0.3) is 0 Å². The van der Waals surface area contributed by atoms with E-state index in [4.69, 9.17) is 6.42 Å². The number of rotatable bonds is 10. The minimum Gasteiger partial charge on any atom is -1.00 e. The lowest BCUT2D eigenvalue weighted by Crippen LogP contribution is -3.00. The molecule has 1 amide bonds. The Morgan fingerprint density at radius 1 is 1.05 bits per heavy atom. The first kappa shape index (κ1) is 30.3. The van der Waals surface area contributed by atoms with Gasteiger partial charge in [0, 0.05) is 47.5 Å². The average molecular weight is 544 g/mol. The summed E-state index contributed by atoms with van der Waals surface area (Å²) in [5.41, 5.74) is 7.93. The zero-order chi connectivity index (χ0) is 27.3. The van der Waals surface area contributed by atoms with E-state index >= 15 is 0 Å². The number of halogens is 1. The van der Waals surface area contributed by atoms with E-state index < -0.39 is 0 Å². The van der Waals surface area contributed by atoms with E-state index in [0.29, 0.717) is 13.0 Å². The monoisotopic (exact) mass is 543 g/mol. The minimum absolute atomic E-state index is 0. The molecule has 2 aromatic carbocycles. The van der Waals surface area contributed by atoms with Crippen LogP contribution in [0.1, 0.15) is 70.9 Å². The normalized spacial score (nSPS) is 20.1. The van der Waals surface area contributed by atoms with Gasteiger partial charge in [-0.1, -0.05) is 61.7 Å². The van der Waals surface area contributed by atoms with Crippen molar-refractivity contribution in [3.63, 3.8) is 0 Å². The predicted molar refractivity (Wildman–Crippen MR) is 159 cm³/mol. The highest BCUT2D eigenvalue weighted by molar-refractivity contribution is 6.03. The molecule has 206 valence electrons. The van der Waals surface area contributed by atoms with Crippen LogP contribution in [0.5, 0.6) is 0 Å². The van der Waals surface area contributed by atoms with Gasteiger partial charge in [0.2, 0.25) is 11.6 Å². The van der Waals surface area contributed by atoms with Crippen molar-refractivity contribution in [3.8, 4) is 12.3 Å². The maximum absolute atomic E-state index is 11.9. The van der Waals surface area contributed by atoms with Gasteiger partial charge in [0.1, 0.15) is 7.05 Å². The lowest BCUT2D eigenvalue weighted by molar-refractivity contribution is -0.401. The number of carbonyl (C=O) groups excluding carboxylic acids is 1. The van der Waals surface area contributed by atoms with Crippen molar-refractivity contribution < 1.29 is 21.8 Å². The Morgan fingerprint density at radius 3 is 2.44 bits per heavy atom. The first-order valence-electron chi connectivity index (χ1n) is 13.9. The number of benzene rings is 2. The molecule has 0 aliphatic carbocycles. The summed E-state index contributed by atoms with van der Waals surface area (Å²) in [5, 5.41) is 2.76. The Bertz CT molecular complexity index is 1330. The molecule has 2 aliphatic rings. The maximum Gasteiger partial charge on any atom is 0.220 e. The third-order valence-electron chi connectivity index (χ3n) is 8.47. The van der Waals surface area contributed by atoms with Gasteiger partial charge in [-0.3, -0.25) is 4.79 Å². The first-order valence-corrected chi connectivity index (χ1v) is 13.9. The third-order valence-corrected chi connectivity index (χ3v) is 8.47. The molecular weight excluding hydrogens is 502 g/mol. The highest BCUT2D eigenvalue weighted by atomic mass is 35.5. The summed E-state index contributed by atoms with van der Waals surface area (Å²) < 4.78 is 2.32. The lowest BCUT2D eigenvalue weighted by Gasteiger charge is -2.29. The van der Waals surface area contributed by atoms with Crippen LogP contribution >= 0.6 is 0 Å². The van der Waals surface area contributed by atoms with Crippen molar-refractivity contribution >= 4 is 23.0 Å². The fraction of sp³-hybridized carbons (Fsp3) is 0.412. The highest BCUT2D eigenvalue weighted by Gasteiger charge is 2.43. The molecule has 1 unspecified atom stereocenters. The fourth-order valence-corrected chi connectivity index (χ4v) is 6.13. The van der Waals surface area contributed by atoms with Crippen LogP contribution in [-0.2, 0) is 15.6 Å². The van der Waals surface area contributed by atoms with Gasteiger partial charge in [-0.2, -0.15) is 4.58 Å². The topological polar surface area (TPSA) is 35.4 Å². The number of nitrogens with zero attached hydrogens (tertiary/aromatic N) is 2. The molecule has 1 N–H and O–H groups in total. The Hall–Kier alpha value is -3.29. The molecule has 5 heteroatoms. The van der Waals surface area contributed by atoms with Gasteiger partial charge < -0.3 is 22.6 Å². The van der Waals surface area contributed by atoms with Crippen molar-refractivity contribution in [3.05, 3.63) is 83.6 Å². The van der Waals surface area contributed by atoms with Crippen LogP contribution in [0.4, 0.5) is 11.4 Å². The molecule has 0 fully saturated rings. The molecule has 0 bridgehead atoms. The molecule has 0 spiro atoms. The second-order valence-electron chi connectivity index (χ2n) is 11.1. The zero-order valence-corrected chi connectivity index (χ0v) is 24.8. The van der Waals surface area contributed by atoms with Crippen molar-refractivity contribution in [2.24, 2.45) is 0 Å². The SMILES string of the molecule is C#CCNC(=O)CCCCCN1C(=CC=CC2=[N+](C)c3ccccc3C2(C)C)C(C)(CC)c2ccccc21.[Cl-]. The number of fused-ring (bicyclic) bond motifs is 2. The molecule has 0 radical (unpaired) electrons. The molecule has 0 saturated heterocycles. The van der Waals surface area contributed by atoms with Crippen LogP contribution in [-0.4, -0.2) is 36.3 Å². The smallest absolute Gasteiger partial charge is 0.220 e. The van der Waals surface area contributed by atoms with E-state index in [2.05, 4.69) is 122 Å². The molecule has 0 saturated carbocycles. The van der Waals surface area contributed by atoms with Crippen LogP contribution < -0.4 is 22.6 Å². The predicted octanol–water partition coefficient (Wildman–Crippen LogP) is 3.63. The number of hydrogen-bond acceptors (Lipinski definition) is 2. The van der Waals surface area contributed by atoms with Gasteiger partial charge in [0.05, 0.1) is 12.0 Å². The van der Waals surface area contributed by atoms with Gasteiger partial charge in [-0.15, -0.1) is 6.42 Å². The zero-order valence-electron chi connectivity index (χ0n) is 24.1. The number of allylic oxidation sites excluding steroid dienone is 4. The number of carbonyl (C=O) groups is 1. The van der Waals surface area contributed by atoms with E-state index in [1.165, 1.54) is 33.9 Å². The summed E-state index contributed by atoms with van der Waals surface area (Å²) in [4.78, 5) is 14.4. The summed E-state index contributed by atoms with van der Waals surface area (Å²) in [7, 11) is 2.17. The molecule has 2 aliphatic heterocycles. The van der Waals surface area contributed by atoms with Gasteiger partial charge >= 0.3 is 0 Å². The third kappa shape index (κ3) is 5.85. The van der Waals surface area contributed by atoms with E-state index in [9.17, 15) is 4.79 Å². The Labute approximate surface area is 241 Å². The van der Waals surface area contributed by atoms with Gasteiger partial charge in [-0.25, -0.2) is 0 Å². The van der Waals surface area contributed by atoms with Gasteiger partial charge in [0.25, 0.3) is 0 Å². The highest BCUT2D eigenvalue weighted by Crippen LogP contribution is 2.50. The maximum atomic E-state index is 11.9. The summed E-state index contributed by atoms with van der Waals surface area (Å²) in [5.74, 6) is 2.50. The van der Waals surface area contributed by atoms with Crippen LogP contribution in [0.2, 0.25) is 0 Å². The molecule has 39 heavy (non-hydrogen) atoms. The molecule has 4 rings (SSSR count). The first-order chi connectivity index (χ1) is 18.3. The Morgan fingerprint density at radius 2 is 1.74 bits per heavy atom. The summed E-state index contributed by atoms with van der Waals surface area (Å²) in [6, 6.07) is 17.5. The molecular formula is C34H42ClN3O. The summed E-state index contributed by atoms with van der Waals surface area (Å²) >= 11 is 0. The van der Waals surface area contributed by atoms with Crippen LogP contribution in [0, 0.1) is 12.3 Å². The van der Waals surface area contributed by atoms with Crippen molar-refractivity contribution in [2.75, 3.05) is 25.0 Å². The average Bonchev–Trinajstić information content (AvgIpc) is 3.27. The summed E-state index contributed by atoms with van der Waals surface area (Å²) in [6.45, 7) is 10.5. The van der Waals surface area contributed by atoms with Crippen molar-refractivity contribution in [1.82, 2.24) is 5.32 Å². The van der Waals surface area contributed by atoms with E-state index in [1.54, 1.807) is 0 Å². The van der Waals surface area contributed by atoms with Crippen LogP contribution in [0.15, 0.2) is 72.5 Å². The molecule has 1 atom stereocenters. The molecule has 4 nitrogen and oxygen atoms in total. The number of nitrogens with one attached hydrogen (secondary N) is 1. The molecule has 2 heterocycles. The fourth-order valence-electron chi connectivity index (χ4n) is 6.13. The Balaban J connectivity index is 0.00000420. The van der Waals surface area contributed by atoms with Crippen molar-refractivity contribution in [1.29, 1.82) is 0 Å². The van der Waals surface area contributed by atoms with Crippen molar-refractivity contribution in [2.45, 2.75) is 70.6 Å². The number of anilines is 1. The number of unbranched alkanes of at least 4 members (excludes halogenated alkanes) is 2. The van der Waals surface area contributed by atoms with Gasteiger partial charge in [0.15, 0.2) is 5.71 Å². The van der Waals surface area contributed by atoms with Gasteiger partial charge in [-0.05, 0) is 57.7 Å². The van der Waals surface area contributed by atoms with Crippen LogP contribution in [0.3, 0.4) is 0 Å². The Kier molecular flexibility index (Phi) is 9.86. The number of amides is 1. The van der Waals surface area contributed by atoms with E-state index in [0.717, 1.165) is 32.2 Å². The van der Waals surface area contributed by atoms with E-state index in [-0.39, 0.29) is 29.1 Å². The lowest BCUT2D eigenvalue weighted by atomic mass is 9.79. The molecule has 2 aromatic rings. The second kappa shape index (κ2) is 12.7. The number of hydrogen-bond donors (Lipinski definition) is 1.